The minimum Gasteiger partial charge on any atom is -0.368 e. The number of rotatable bonds is 7. The van der Waals surface area contributed by atoms with Gasteiger partial charge in [0.1, 0.15) is 0 Å². The lowest BCUT2D eigenvalue weighted by Gasteiger charge is -2.21. The average molecular weight is 364 g/mol. The molecule has 8 nitrogen and oxygen atoms in total. The zero-order chi connectivity index (χ0) is 19.2. The first-order valence-electron chi connectivity index (χ1n) is 8.57. The highest BCUT2D eigenvalue weighted by molar-refractivity contribution is 5.84. The van der Waals surface area contributed by atoms with Crippen LogP contribution in [-0.2, 0) is 16.1 Å². The van der Waals surface area contributed by atoms with Gasteiger partial charge in [0.25, 0.3) is 0 Å². The first-order valence-corrected chi connectivity index (χ1v) is 8.57. The number of hydrogen-bond donors (Lipinski definition) is 2. The summed E-state index contributed by atoms with van der Waals surface area (Å²) in [5.74, 6) is -0.0418. The van der Waals surface area contributed by atoms with Crippen molar-refractivity contribution < 1.29 is 9.59 Å². The van der Waals surface area contributed by atoms with Crippen LogP contribution in [0.15, 0.2) is 48.5 Å². The van der Waals surface area contributed by atoms with Crippen molar-refractivity contribution in [2.75, 3.05) is 6.54 Å². The maximum atomic E-state index is 12.0. The minimum atomic E-state index is -0.525. The number of primary amides is 1. The van der Waals surface area contributed by atoms with Crippen molar-refractivity contribution in [3.8, 4) is 22.5 Å². The Kier molecular flexibility index (Phi) is 5.55. The molecule has 2 aromatic carbocycles. The molecular formula is C19H20N6O2. The first kappa shape index (κ1) is 18.2. The van der Waals surface area contributed by atoms with Crippen molar-refractivity contribution in [3.05, 3.63) is 54.1 Å². The average Bonchev–Trinajstić information content (AvgIpc) is 3.22. The van der Waals surface area contributed by atoms with Crippen LogP contribution >= 0.6 is 0 Å². The molecular weight excluding hydrogens is 344 g/mol. The lowest BCUT2D eigenvalue weighted by molar-refractivity contribution is -0.135. The molecule has 8 heteroatoms. The first-order chi connectivity index (χ1) is 13.1. The molecule has 1 aromatic heterocycles. The molecule has 0 saturated heterocycles. The van der Waals surface area contributed by atoms with Gasteiger partial charge in [0.2, 0.25) is 11.8 Å². The van der Waals surface area contributed by atoms with Crippen LogP contribution in [-0.4, -0.2) is 43.9 Å². The Morgan fingerprint density at radius 3 is 2.37 bits per heavy atom. The molecule has 3 N–H and O–H groups in total. The third-order valence-corrected chi connectivity index (χ3v) is 4.17. The summed E-state index contributed by atoms with van der Waals surface area (Å²) in [6.45, 7) is 2.01. The van der Waals surface area contributed by atoms with E-state index in [4.69, 9.17) is 5.73 Å². The number of nitrogens with two attached hydrogens (primary N) is 1. The number of carbonyl (C=O) groups is 2. The lowest BCUT2D eigenvalue weighted by Crippen LogP contribution is -2.37. The largest absolute Gasteiger partial charge is 0.368 e. The molecule has 2 amide bonds. The van der Waals surface area contributed by atoms with E-state index in [-0.39, 0.29) is 12.5 Å². The summed E-state index contributed by atoms with van der Waals surface area (Å²) in [4.78, 5) is 24.7. The normalized spacial score (nSPS) is 10.6. The fraction of sp³-hybridized carbons (Fsp3) is 0.211. The van der Waals surface area contributed by atoms with Crippen molar-refractivity contribution in [1.29, 1.82) is 0 Å². The number of carbonyl (C=O) groups excluding carboxylic acids is 2. The molecule has 3 rings (SSSR count). The van der Waals surface area contributed by atoms with Gasteiger partial charge in [-0.05, 0) is 27.1 Å². The highest BCUT2D eigenvalue weighted by atomic mass is 16.2. The van der Waals surface area contributed by atoms with Gasteiger partial charge in [0.05, 0.1) is 6.54 Å². The van der Waals surface area contributed by atoms with Crippen LogP contribution in [0, 0.1) is 0 Å². The molecule has 3 aromatic rings. The number of aromatic amines is 1. The molecule has 0 spiro atoms. The smallest absolute Gasteiger partial charge is 0.237 e. The summed E-state index contributed by atoms with van der Waals surface area (Å²) >= 11 is 0. The topological polar surface area (TPSA) is 118 Å². The van der Waals surface area contributed by atoms with Crippen LogP contribution in [0.25, 0.3) is 22.5 Å². The lowest BCUT2D eigenvalue weighted by atomic mass is 9.98. The highest BCUT2D eigenvalue weighted by Gasteiger charge is 2.15. The third-order valence-electron chi connectivity index (χ3n) is 4.17. The van der Waals surface area contributed by atoms with Gasteiger partial charge in [-0.3, -0.25) is 9.59 Å². The van der Waals surface area contributed by atoms with Gasteiger partial charge < -0.3 is 10.6 Å². The van der Waals surface area contributed by atoms with Crippen LogP contribution in [0.1, 0.15) is 18.9 Å². The zero-order valence-electron chi connectivity index (χ0n) is 14.9. The molecule has 1 heterocycles. The number of amides is 2. The number of benzene rings is 2. The van der Waals surface area contributed by atoms with Gasteiger partial charge in [-0.2, -0.15) is 0 Å². The summed E-state index contributed by atoms with van der Waals surface area (Å²) < 4.78 is 0. The maximum absolute atomic E-state index is 12.0. The van der Waals surface area contributed by atoms with E-state index in [9.17, 15) is 9.59 Å². The number of H-pyrrole nitrogens is 1. The van der Waals surface area contributed by atoms with E-state index < -0.39 is 5.91 Å². The molecule has 0 aliphatic heterocycles. The number of hydrogen-bond acceptors (Lipinski definition) is 5. The van der Waals surface area contributed by atoms with Gasteiger partial charge in [0.15, 0.2) is 5.82 Å². The van der Waals surface area contributed by atoms with Crippen molar-refractivity contribution in [2.24, 2.45) is 5.73 Å². The van der Waals surface area contributed by atoms with Crippen LogP contribution in [0.4, 0.5) is 0 Å². The summed E-state index contributed by atoms with van der Waals surface area (Å²) in [5.41, 5.74) is 9.04. The van der Waals surface area contributed by atoms with E-state index in [0.717, 1.165) is 22.3 Å². The second-order valence-corrected chi connectivity index (χ2v) is 6.06. The second-order valence-electron chi connectivity index (χ2n) is 6.06. The van der Waals surface area contributed by atoms with E-state index >= 15 is 0 Å². The Bertz CT molecular complexity index is 922. The molecule has 0 unspecified atom stereocenters. The van der Waals surface area contributed by atoms with Crippen molar-refractivity contribution >= 4 is 11.8 Å². The molecule has 0 aliphatic rings. The van der Waals surface area contributed by atoms with Crippen molar-refractivity contribution in [2.45, 2.75) is 19.9 Å². The number of nitrogens with one attached hydrogen (secondary N) is 1. The summed E-state index contributed by atoms with van der Waals surface area (Å²) in [6, 6.07) is 15.6. The van der Waals surface area contributed by atoms with Gasteiger partial charge in [-0.15, -0.1) is 5.10 Å². The Labute approximate surface area is 156 Å². The number of tetrazole rings is 1. The molecule has 27 heavy (non-hydrogen) atoms. The Morgan fingerprint density at radius 1 is 1.07 bits per heavy atom. The molecule has 0 radical (unpaired) electrons. The van der Waals surface area contributed by atoms with E-state index in [0.29, 0.717) is 18.8 Å². The summed E-state index contributed by atoms with van der Waals surface area (Å²) in [5, 5.41) is 14.0. The fourth-order valence-corrected chi connectivity index (χ4v) is 2.87. The van der Waals surface area contributed by atoms with Gasteiger partial charge >= 0.3 is 0 Å². The van der Waals surface area contributed by atoms with Crippen molar-refractivity contribution in [1.82, 2.24) is 25.5 Å². The van der Waals surface area contributed by atoms with Crippen LogP contribution in [0.2, 0.25) is 0 Å². The fourth-order valence-electron chi connectivity index (χ4n) is 2.87. The minimum absolute atomic E-state index is 0.0875. The molecule has 0 atom stereocenters. The monoisotopic (exact) mass is 364 g/mol. The predicted octanol–water partition coefficient (Wildman–Crippen LogP) is 1.76. The quantitative estimate of drug-likeness (QED) is 0.662. The highest BCUT2D eigenvalue weighted by Crippen LogP contribution is 2.29. The Morgan fingerprint density at radius 2 is 1.78 bits per heavy atom. The van der Waals surface area contributed by atoms with E-state index in [1.54, 1.807) is 6.92 Å². The predicted molar refractivity (Wildman–Crippen MR) is 100.0 cm³/mol. The molecule has 0 bridgehead atoms. The molecule has 0 fully saturated rings. The SMILES string of the molecule is CCC(=O)N(CC(N)=O)Cc1ccc(-c2ccccc2-c2nnn[nH]2)cc1. The molecule has 0 aliphatic carbocycles. The Balaban J connectivity index is 1.84. The van der Waals surface area contributed by atoms with Gasteiger partial charge in [-0.1, -0.05) is 55.5 Å². The maximum Gasteiger partial charge on any atom is 0.237 e. The number of nitrogens with zero attached hydrogens (tertiary/aromatic N) is 4. The Hall–Kier alpha value is -3.55. The molecule has 0 saturated carbocycles. The van der Waals surface area contributed by atoms with Gasteiger partial charge in [0, 0.05) is 18.5 Å². The number of aromatic nitrogens is 4. The van der Waals surface area contributed by atoms with E-state index in [1.165, 1.54) is 4.90 Å². The molecule has 138 valence electrons. The van der Waals surface area contributed by atoms with Crippen LogP contribution in [0.5, 0.6) is 0 Å². The van der Waals surface area contributed by atoms with Gasteiger partial charge in [-0.25, -0.2) is 5.10 Å². The standard InChI is InChI=1S/C19H20N6O2/c1-2-18(27)25(12-17(20)26)11-13-7-9-14(10-8-13)15-5-3-4-6-16(15)19-21-23-24-22-19/h3-10H,2,11-12H2,1H3,(H2,20,26)(H,21,22,23,24). The van der Waals surface area contributed by atoms with E-state index in [1.807, 2.05) is 48.5 Å². The zero-order valence-corrected chi connectivity index (χ0v) is 14.9. The van der Waals surface area contributed by atoms with Crippen molar-refractivity contribution in [3.63, 3.8) is 0 Å². The summed E-state index contributed by atoms with van der Waals surface area (Å²) in [6.07, 6.45) is 0.323. The summed E-state index contributed by atoms with van der Waals surface area (Å²) in [7, 11) is 0. The van der Waals surface area contributed by atoms with E-state index in [2.05, 4.69) is 20.6 Å². The van der Waals surface area contributed by atoms with Crippen LogP contribution in [0.3, 0.4) is 0 Å². The van der Waals surface area contributed by atoms with Crippen LogP contribution < -0.4 is 5.73 Å². The third kappa shape index (κ3) is 4.35. The second kappa shape index (κ2) is 8.22.